The summed E-state index contributed by atoms with van der Waals surface area (Å²) in [4.78, 5) is 13.4. The van der Waals surface area contributed by atoms with E-state index in [1.807, 2.05) is 20.8 Å². The number of nitrogens with one attached hydrogen (secondary N) is 2. The van der Waals surface area contributed by atoms with Gasteiger partial charge in [0.15, 0.2) is 0 Å². The summed E-state index contributed by atoms with van der Waals surface area (Å²) in [5, 5.41) is 9.48. The zero-order valence-electron chi connectivity index (χ0n) is 9.45. The zero-order chi connectivity index (χ0) is 11.3. The highest BCUT2D eigenvalue weighted by Gasteiger charge is 2.13. The quantitative estimate of drug-likeness (QED) is 0.791. The van der Waals surface area contributed by atoms with Crippen molar-refractivity contribution in [1.82, 2.24) is 20.4 Å². The highest BCUT2D eigenvalue weighted by molar-refractivity contribution is 5.74. The summed E-state index contributed by atoms with van der Waals surface area (Å²) in [6, 6.07) is -0.0504. The molecular weight excluding hydrogens is 192 g/mol. The van der Waals surface area contributed by atoms with Crippen LogP contribution in [0.4, 0.5) is 4.79 Å². The molecule has 2 N–H and O–H groups in total. The van der Waals surface area contributed by atoms with E-state index in [-0.39, 0.29) is 12.1 Å². The van der Waals surface area contributed by atoms with Gasteiger partial charge in [-0.05, 0) is 20.8 Å². The maximum absolute atomic E-state index is 11.7. The van der Waals surface area contributed by atoms with Crippen LogP contribution in [0.15, 0.2) is 12.4 Å². The summed E-state index contributed by atoms with van der Waals surface area (Å²) in [6.45, 7) is 7.31. The summed E-state index contributed by atoms with van der Waals surface area (Å²) < 4.78 is 0. The van der Waals surface area contributed by atoms with Gasteiger partial charge in [0.25, 0.3) is 0 Å². The Morgan fingerprint density at radius 3 is 2.73 bits per heavy atom. The molecule has 0 fully saturated rings. The van der Waals surface area contributed by atoms with Crippen molar-refractivity contribution in [1.29, 1.82) is 0 Å². The minimum Gasteiger partial charge on any atom is -0.331 e. The minimum absolute atomic E-state index is 0.0168. The molecule has 0 spiro atoms. The van der Waals surface area contributed by atoms with Crippen LogP contribution in [0.2, 0.25) is 0 Å². The maximum atomic E-state index is 11.7. The Balaban J connectivity index is 2.51. The van der Waals surface area contributed by atoms with Crippen LogP contribution < -0.4 is 5.32 Å². The number of H-pyrrole nitrogens is 1. The summed E-state index contributed by atoms with van der Waals surface area (Å²) in [7, 11) is 0. The predicted molar refractivity (Wildman–Crippen MR) is 58.5 cm³/mol. The summed E-state index contributed by atoms with van der Waals surface area (Å²) >= 11 is 0. The van der Waals surface area contributed by atoms with E-state index in [1.54, 1.807) is 17.3 Å². The topological polar surface area (TPSA) is 61.0 Å². The van der Waals surface area contributed by atoms with Crippen molar-refractivity contribution >= 4 is 6.03 Å². The second kappa shape index (κ2) is 5.38. The number of nitrogens with zero attached hydrogens (tertiary/aromatic N) is 2. The molecule has 0 aliphatic rings. The van der Waals surface area contributed by atoms with E-state index in [0.717, 1.165) is 18.7 Å². The van der Waals surface area contributed by atoms with Crippen LogP contribution in [0.25, 0.3) is 0 Å². The number of carbonyl (C=O) groups is 1. The second-order valence-corrected chi connectivity index (χ2v) is 3.38. The lowest BCUT2D eigenvalue weighted by atomic mass is 10.2. The number of aromatic nitrogens is 2. The lowest BCUT2D eigenvalue weighted by molar-refractivity contribution is 0.200. The van der Waals surface area contributed by atoms with Crippen LogP contribution >= 0.6 is 0 Å². The molecule has 0 bridgehead atoms. The standard InChI is InChI=1S/C10H18N4O/c1-4-14(5-2)10(15)13-8(3)9-6-11-12-7-9/h6-8H,4-5H2,1-3H3,(H,11,12)(H,13,15). The Morgan fingerprint density at radius 1 is 1.60 bits per heavy atom. The third-order valence-electron chi connectivity index (χ3n) is 2.41. The van der Waals surface area contributed by atoms with E-state index >= 15 is 0 Å². The Kier molecular flexibility index (Phi) is 4.15. The molecule has 0 aliphatic heterocycles. The minimum atomic E-state index is -0.0336. The fourth-order valence-electron chi connectivity index (χ4n) is 1.37. The molecule has 1 aromatic rings. The average Bonchev–Trinajstić information content (AvgIpc) is 2.72. The fraction of sp³-hybridized carbons (Fsp3) is 0.600. The first-order chi connectivity index (χ1) is 7.19. The number of hydrogen-bond acceptors (Lipinski definition) is 2. The van der Waals surface area contributed by atoms with E-state index in [0.29, 0.717) is 0 Å². The first-order valence-electron chi connectivity index (χ1n) is 5.23. The Morgan fingerprint density at radius 2 is 2.27 bits per heavy atom. The SMILES string of the molecule is CCN(CC)C(=O)NC(C)c1cn[nH]c1. The van der Waals surface area contributed by atoms with Gasteiger partial charge >= 0.3 is 6.03 Å². The molecule has 1 rings (SSSR count). The molecule has 0 aliphatic carbocycles. The molecule has 84 valence electrons. The van der Waals surface area contributed by atoms with Crippen LogP contribution in [0.5, 0.6) is 0 Å². The number of amides is 2. The normalized spacial score (nSPS) is 12.2. The molecular formula is C10H18N4O. The molecule has 5 heteroatoms. The van der Waals surface area contributed by atoms with E-state index in [9.17, 15) is 4.79 Å². The Labute approximate surface area is 89.9 Å². The smallest absolute Gasteiger partial charge is 0.317 e. The molecule has 0 saturated carbocycles. The van der Waals surface area contributed by atoms with Crippen LogP contribution in [-0.4, -0.2) is 34.2 Å². The number of carbonyl (C=O) groups excluding carboxylic acids is 1. The third-order valence-corrected chi connectivity index (χ3v) is 2.41. The number of aromatic amines is 1. The van der Waals surface area contributed by atoms with Gasteiger partial charge < -0.3 is 10.2 Å². The predicted octanol–water partition coefficient (Wildman–Crippen LogP) is 1.52. The molecule has 1 unspecified atom stereocenters. The molecule has 15 heavy (non-hydrogen) atoms. The van der Waals surface area contributed by atoms with Crippen molar-refractivity contribution in [3.8, 4) is 0 Å². The number of urea groups is 1. The van der Waals surface area contributed by atoms with Crippen LogP contribution in [0.1, 0.15) is 32.4 Å². The Bertz CT molecular complexity index is 292. The molecule has 0 aromatic carbocycles. The van der Waals surface area contributed by atoms with Crippen molar-refractivity contribution in [3.05, 3.63) is 18.0 Å². The first kappa shape index (κ1) is 11.6. The van der Waals surface area contributed by atoms with Gasteiger partial charge in [-0.2, -0.15) is 5.10 Å². The largest absolute Gasteiger partial charge is 0.331 e. The molecule has 2 amide bonds. The number of hydrogen-bond donors (Lipinski definition) is 2. The van der Waals surface area contributed by atoms with Gasteiger partial charge in [0.05, 0.1) is 12.2 Å². The molecule has 5 nitrogen and oxygen atoms in total. The molecule has 0 saturated heterocycles. The third kappa shape index (κ3) is 2.97. The van der Waals surface area contributed by atoms with Crippen molar-refractivity contribution in [2.45, 2.75) is 26.8 Å². The lowest BCUT2D eigenvalue weighted by Crippen LogP contribution is -2.40. The van der Waals surface area contributed by atoms with Gasteiger partial charge in [0, 0.05) is 24.8 Å². The average molecular weight is 210 g/mol. The van der Waals surface area contributed by atoms with Gasteiger partial charge in [-0.15, -0.1) is 0 Å². The summed E-state index contributed by atoms with van der Waals surface area (Å²) in [5.74, 6) is 0. The maximum Gasteiger partial charge on any atom is 0.317 e. The van der Waals surface area contributed by atoms with Crippen molar-refractivity contribution in [3.63, 3.8) is 0 Å². The van der Waals surface area contributed by atoms with Crippen LogP contribution in [0, 0.1) is 0 Å². The van der Waals surface area contributed by atoms with Gasteiger partial charge in [0.1, 0.15) is 0 Å². The van der Waals surface area contributed by atoms with Crippen LogP contribution in [0.3, 0.4) is 0 Å². The van der Waals surface area contributed by atoms with E-state index < -0.39 is 0 Å². The monoisotopic (exact) mass is 210 g/mol. The van der Waals surface area contributed by atoms with Gasteiger partial charge in [-0.1, -0.05) is 0 Å². The molecule has 0 radical (unpaired) electrons. The second-order valence-electron chi connectivity index (χ2n) is 3.38. The van der Waals surface area contributed by atoms with E-state index in [1.165, 1.54) is 0 Å². The molecule has 1 heterocycles. The number of rotatable bonds is 4. The fourth-order valence-corrected chi connectivity index (χ4v) is 1.37. The highest BCUT2D eigenvalue weighted by atomic mass is 16.2. The lowest BCUT2D eigenvalue weighted by Gasteiger charge is -2.21. The van der Waals surface area contributed by atoms with Crippen molar-refractivity contribution < 1.29 is 4.79 Å². The van der Waals surface area contributed by atoms with Gasteiger partial charge in [-0.3, -0.25) is 5.10 Å². The van der Waals surface area contributed by atoms with Gasteiger partial charge in [-0.25, -0.2) is 4.79 Å². The van der Waals surface area contributed by atoms with E-state index in [4.69, 9.17) is 0 Å². The van der Waals surface area contributed by atoms with Crippen LogP contribution in [-0.2, 0) is 0 Å². The zero-order valence-corrected chi connectivity index (χ0v) is 9.45. The Hall–Kier alpha value is -1.52. The molecule has 1 atom stereocenters. The van der Waals surface area contributed by atoms with Crippen molar-refractivity contribution in [2.24, 2.45) is 0 Å². The summed E-state index contributed by atoms with van der Waals surface area (Å²) in [6.07, 6.45) is 3.50. The summed E-state index contributed by atoms with van der Waals surface area (Å²) in [5.41, 5.74) is 0.982. The highest BCUT2D eigenvalue weighted by Crippen LogP contribution is 2.09. The van der Waals surface area contributed by atoms with Crippen molar-refractivity contribution in [2.75, 3.05) is 13.1 Å². The first-order valence-corrected chi connectivity index (χ1v) is 5.23. The molecule has 1 aromatic heterocycles. The van der Waals surface area contributed by atoms with E-state index in [2.05, 4.69) is 15.5 Å². The van der Waals surface area contributed by atoms with Gasteiger partial charge in [0.2, 0.25) is 0 Å².